The first kappa shape index (κ1) is 15.5. The molecule has 4 nitrogen and oxygen atoms in total. The number of nitrogens with one attached hydrogen (secondary N) is 1. The van der Waals surface area contributed by atoms with Crippen molar-refractivity contribution in [2.24, 2.45) is 11.1 Å². The van der Waals surface area contributed by atoms with Gasteiger partial charge in [-0.25, -0.2) is 0 Å². The standard InChI is InChI=1S/C17H23N3O/c1-13(15-7-5-14(11-18)6-8-15)20-16(21)17(12-19)9-3-2-4-10-17/h5-8,13H,2-4,9-10,12,19H2,1H3,(H,20,21). The van der Waals surface area contributed by atoms with Gasteiger partial charge in [0.25, 0.3) is 0 Å². The molecule has 2 rings (SSSR count). The van der Waals surface area contributed by atoms with Gasteiger partial charge >= 0.3 is 0 Å². The number of carbonyl (C=O) groups is 1. The van der Waals surface area contributed by atoms with E-state index < -0.39 is 0 Å². The maximum Gasteiger partial charge on any atom is 0.227 e. The summed E-state index contributed by atoms with van der Waals surface area (Å²) in [6.07, 6.45) is 5.12. The second-order valence-electron chi connectivity index (χ2n) is 5.97. The van der Waals surface area contributed by atoms with Gasteiger partial charge in [-0.3, -0.25) is 4.79 Å². The average Bonchev–Trinajstić information content (AvgIpc) is 2.55. The van der Waals surface area contributed by atoms with E-state index in [0.717, 1.165) is 31.2 Å². The second kappa shape index (κ2) is 6.73. The molecule has 1 aromatic rings. The van der Waals surface area contributed by atoms with E-state index in [1.54, 1.807) is 12.1 Å². The zero-order valence-corrected chi connectivity index (χ0v) is 12.6. The lowest BCUT2D eigenvalue weighted by Crippen LogP contribution is -2.47. The van der Waals surface area contributed by atoms with Crippen molar-refractivity contribution in [2.45, 2.75) is 45.1 Å². The monoisotopic (exact) mass is 285 g/mol. The van der Waals surface area contributed by atoms with Crippen molar-refractivity contribution >= 4 is 5.91 Å². The lowest BCUT2D eigenvalue weighted by molar-refractivity contribution is -0.133. The van der Waals surface area contributed by atoms with Crippen molar-refractivity contribution in [3.63, 3.8) is 0 Å². The summed E-state index contributed by atoms with van der Waals surface area (Å²) in [5.41, 5.74) is 7.14. The van der Waals surface area contributed by atoms with Gasteiger partial charge in [-0.05, 0) is 37.5 Å². The summed E-state index contributed by atoms with van der Waals surface area (Å²) >= 11 is 0. The van der Waals surface area contributed by atoms with Crippen LogP contribution in [-0.2, 0) is 4.79 Å². The summed E-state index contributed by atoms with van der Waals surface area (Å²) < 4.78 is 0. The van der Waals surface area contributed by atoms with Crippen LogP contribution in [0, 0.1) is 16.7 Å². The number of amides is 1. The molecule has 4 heteroatoms. The predicted octanol–water partition coefficient (Wildman–Crippen LogP) is 2.64. The number of nitrogens with two attached hydrogens (primary N) is 1. The summed E-state index contributed by atoms with van der Waals surface area (Å²) in [5.74, 6) is 0.0709. The molecule has 0 bridgehead atoms. The third-order valence-electron chi connectivity index (χ3n) is 4.57. The number of hydrogen-bond donors (Lipinski definition) is 2. The number of rotatable bonds is 4. The fourth-order valence-corrected chi connectivity index (χ4v) is 3.03. The molecule has 1 aliphatic carbocycles. The molecule has 112 valence electrons. The minimum Gasteiger partial charge on any atom is -0.349 e. The van der Waals surface area contributed by atoms with Crippen molar-refractivity contribution < 1.29 is 4.79 Å². The Labute approximate surface area is 126 Å². The molecule has 0 saturated heterocycles. The fraction of sp³-hybridized carbons (Fsp3) is 0.529. The van der Waals surface area contributed by atoms with E-state index in [9.17, 15) is 4.79 Å². The highest BCUT2D eigenvalue weighted by Crippen LogP contribution is 2.36. The first-order valence-corrected chi connectivity index (χ1v) is 7.62. The van der Waals surface area contributed by atoms with Gasteiger partial charge in [0.05, 0.1) is 23.1 Å². The minimum absolute atomic E-state index is 0.0709. The van der Waals surface area contributed by atoms with E-state index in [0.29, 0.717) is 12.1 Å². The Morgan fingerprint density at radius 1 is 1.33 bits per heavy atom. The quantitative estimate of drug-likeness (QED) is 0.892. The van der Waals surface area contributed by atoms with Crippen LogP contribution in [0.4, 0.5) is 0 Å². The minimum atomic E-state index is -0.390. The van der Waals surface area contributed by atoms with Crippen molar-refractivity contribution in [1.82, 2.24) is 5.32 Å². The molecule has 3 N–H and O–H groups in total. The van der Waals surface area contributed by atoms with Crippen LogP contribution in [0.25, 0.3) is 0 Å². The van der Waals surface area contributed by atoms with Crippen LogP contribution in [0.5, 0.6) is 0 Å². The van der Waals surface area contributed by atoms with Gasteiger partial charge in [0, 0.05) is 6.54 Å². The molecule has 21 heavy (non-hydrogen) atoms. The summed E-state index contributed by atoms with van der Waals surface area (Å²) in [7, 11) is 0. The molecule has 1 aromatic carbocycles. The third-order valence-corrected chi connectivity index (χ3v) is 4.57. The first-order valence-electron chi connectivity index (χ1n) is 7.62. The number of nitriles is 1. The smallest absolute Gasteiger partial charge is 0.227 e. The Kier molecular flexibility index (Phi) is 4.98. The maximum absolute atomic E-state index is 12.6. The van der Waals surface area contributed by atoms with Crippen molar-refractivity contribution in [3.05, 3.63) is 35.4 Å². The zero-order valence-electron chi connectivity index (χ0n) is 12.6. The Bertz CT molecular complexity index is 524. The van der Waals surface area contributed by atoms with Gasteiger partial charge in [-0.2, -0.15) is 5.26 Å². The van der Waals surface area contributed by atoms with Gasteiger partial charge in [0.2, 0.25) is 5.91 Å². The van der Waals surface area contributed by atoms with Gasteiger partial charge in [-0.1, -0.05) is 31.4 Å². The van der Waals surface area contributed by atoms with E-state index in [1.807, 2.05) is 19.1 Å². The molecule has 1 amide bonds. The number of hydrogen-bond acceptors (Lipinski definition) is 3. The topological polar surface area (TPSA) is 78.9 Å². The molecule has 1 aliphatic rings. The summed E-state index contributed by atoms with van der Waals surface area (Å²) in [4.78, 5) is 12.6. The van der Waals surface area contributed by atoms with Crippen molar-refractivity contribution in [2.75, 3.05) is 6.54 Å². The Hall–Kier alpha value is -1.86. The van der Waals surface area contributed by atoms with Crippen LogP contribution in [0.1, 0.15) is 56.2 Å². The molecule has 0 radical (unpaired) electrons. The van der Waals surface area contributed by atoms with Gasteiger partial charge in [-0.15, -0.1) is 0 Å². The zero-order chi connectivity index (χ0) is 15.3. The van der Waals surface area contributed by atoms with Crippen LogP contribution in [0.15, 0.2) is 24.3 Å². The summed E-state index contributed by atoms with van der Waals surface area (Å²) in [6.45, 7) is 2.38. The highest BCUT2D eigenvalue weighted by molar-refractivity contribution is 5.83. The van der Waals surface area contributed by atoms with Crippen LogP contribution in [0.2, 0.25) is 0 Å². The third kappa shape index (κ3) is 3.43. The highest BCUT2D eigenvalue weighted by Gasteiger charge is 2.38. The maximum atomic E-state index is 12.6. The van der Waals surface area contributed by atoms with Crippen molar-refractivity contribution in [1.29, 1.82) is 5.26 Å². The lowest BCUT2D eigenvalue weighted by Gasteiger charge is -2.35. The molecule has 0 aliphatic heterocycles. The van der Waals surface area contributed by atoms with Gasteiger partial charge in [0.15, 0.2) is 0 Å². The van der Waals surface area contributed by atoms with Crippen LogP contribution < -0.4 is 11.1 Å². The predicted molar refractivity (Wildman–Crippen MR) is 82.3 cm³/mol. The molecule has 1 saturated carbocycles. The Morgan fingerprint density at radius 2 is 1.95 bits per heavy atom. The molecule has 0 heterocycles. The van der Waals surface area contributed by atoms with Gasteiger partial charge in [0.1, 0.15) is 0 Å². The number of benzene rings is 1. The number of nitrogens with zero attached hydrogens (tertiary/aromatic N) is 1. The SMILES string of the molecule is CC(NC(=O)C1(CN)CCCCC1)c1ccc(C#N)cc1. The molecule has 1 unspecified atom stereocenters. The fourth-order valence-electron chi connectivity index (χ4n) is 3.03. The number of carbonyl (C=O) groups excluding carboxylic acids is 1. The van der Waals surface area contributed by atoms with E-state index in [-0.39, 0.29) is 17.4 Å². The molecule has 1 fully saturated rings. The van der Waals surface area contributed by atoms with E-state index >= 15 is 0 Å². The molecule has 1 atom stereocenters. The van der Waals surface area contributed by atoms with Crippen LogP contribution >= 0.6 is 0 Å². The molecular weight excluding hydrogens is 262 g/mol. The van der Waals surface area contributed by atoms with Crippen molar-refractivity contribution in [3.8, 4) is 6.07 Å². The van der Waals surface area contributed by atoms with E-state index in [4.69, 9.17) is 11.0 Å². The highest BCUT2D eigenvalue weighted by atomic mass is 16.2. The second-order valence-corrected chi connectivity index (χ2v) is 5.97. The summed E-state index contributed by atoms with van der Waals surface area (Å²) in [6, 6.07) is 9.35. The van der Waals surface area contributed by atoms with Crippen LogP contribution in [0.3, 0.4) is 0 Å². The first-order chi connectivity index (χ1) is 10.1. The lowest BCUT2D eigenvalue weighted by atomic mass is 9.73. The van der Waals surface area contributed by atoms with Gasteiger partial charge < -0.3 is 11.1 Å². The summed E-state index contributed by atoms with van der Waals surface area (Å²) in [5, 5.41) is 11.9. The Morgan fingerprint density at radius 3 is 2.48 bits per heavy atom. The molecule has 0 aromatic heterocycles. The average molecular weight is 285 g/mol. The van der Waals surface area contributed by atoms with E-state index in [2.05, 4.69) is 11.4 Å². The normalized spacial score (nSPS) is 18.5. The van der Waals surface area contributed by atoms with Crippen LogP contribution in [-0.4, -0.2) is 12.5 Å². The largest absolute Gasteiger partial charge is 0.349 e. The molecule has 0 spiro atoms. The van der Waals surface area contributed by atoms with E-state index in [1.165, 1.54) is 6.42 Å². The molecular formula is C17H23N3O. The Balaban J connectivity index is 2.05.